The highest BCUT2D eigenvalue weighted by atomic mass is 16.6. The quantitative estimate of drug-likeness (QED) is 0.630. The van der Waals surface area contributed by atoms with Crippen LogP contribution in [-0.4, -0.2) is 23.6 Å². The molecule has 4 nitrogen and oxygen atoms in total. The Kier molecular flexibility index (Phi) is 2.83. The molecule has 0 aromatic rings. The van der Waals surface area contributed by atoms with Crippen molar-refractivity contribution < 1.29 is 19.1 Å². The van der Waals surface area contributed by atoms with E-state index in [0.29, 0.717) is 6.42 Å². The van der Waals surface area contributed by atoms with Gasteiger partial charge in [0.2, 0.25) is 0 Å². The van der Waals surface area contributed by atoms with E-state index in [1.165, 1.54) is 6.92 Å². The maximum Gasteiger partial charge on any atom is 0.313 e. The Morgan fingerprint density at radius 2 is 2.21 bits per heavy atom. The molecule has 3 atom stereocenters. The number of rotatable bonds is 2. The minimum Gasteiger partial charge on any atom is -0.458 e. The van der Waals surface area contributed by atoms with Crippen molar-refractivity contribution in [2.75, 3.05) is 0 Å². The van der Waals surface area contributed by atoms with E-state index >= 15 is 0 Å². The van der Waals surface area contributed by atoms with Crippen LogP contribution in [0.5, 0.6) is 0 Å². The fraction of sp³-hybridized carbons (Fsp3) is 0.800. The third-order valence-corrected chi connectivity index (χ3v) is 2.85. The second-order valence-corrected chi connectivity index (χ2v) is 3.83. The molecule has 0 aromatic carbocycles. The summed E-state index contributed by atoms with van der Waals surface area (Å²) in [6.45, 7) is 6.71. The lowest BCUT2D eigenvalue weighted by molar-refractivity contribution is -0.164. The van der Waals surface area contributed by atoms with E-state index in [4.69, 9.17) is 9.47 Å². The summed E-state index contributed by atoms with van der Waals surface area (Å²) in [7, 11) is 0. The fourth-order valence-electron chi connectivity index (χ4n) is 1.82. The van der Waals surface area contributed by atoms with Crippen LogP contribution >= 0.6 is 0 Å². The molecule has 0 bridgehead atoms. The van der Waals surface area contributed by atoms with Crippen LogP contribution in [0.2, 0.25) is 0 Å². The molecule has 0 spiro atoms. The Bertz CT molecular complexity index is 261. The van der Waals surface area contributed by atoms with E-state index in [2.05, 4.69) is 0 Å². The first-order valence-corrected chi connectivity index (χ1v) is 4.82. The molecule has 1 rings (SSSR count). The lowest BCUT2D eigenvalue weighted by Crippen LogP contribution is -2.43. The minimum absolute atomic E-state index is 0.291. The van der Waals surface area contributed by atoms with Gasteiger partial charge < -0.3 is 9.47 Å². The van der Waals surface area contributed by atoms with Gasteiger partial charge in [0.15, 0.2) is 5.60 Å². The zero-order chi connectivity index (χ0) is 10.9. The predicted molar refractivity (Wildman–Crippen MR) is 49.5 cm³/mol. The Balaban J connectivity index is 2.91. The highest BCUT2D eigenvalue weighted by molar-refractivity contribution is 5.77. The first-order valence-electron chi connectivity index (χ1n) is 4.82. The van der Waals surface area contributed by atoms with E-state index in [9.17, 15) is 9.59 Å². The van der Waals surface area contributed by atoms with Gasteiger partial charge in [-0.15, -0.1) is 0 Å². The molecule has 1 fully saturated rings. The first kappa shape index (κ1) is 11.0. The SMILES string of the molecule is CCC1OC(=O)C(C)C1(C)OC(C)=O. The van der Waals surface area contributed by atoms with Gasteiger partial charge in [0, 0.05) is 6.92 Å². The van der Waals surface area contributed by atoms with Crippen molar-refractivity contribution in [3.05, 3.63) is 0 Å². The van der Waals surface area contributed by atoms with E-state index in [1.54, 1.807) is 13.8 Å². The van der Waals surface area contributed by atoms with Crippen molar-refractivity contribution in [1.82, 2.24) is 0 Å². The average Bonchev–Trinajstić information content (AvgIpc) is 2.28. The molecule has 80 valence electrons. The van der Waals surface area contributed by atoms with E-state index in [-0.39, 0.29) is 18.0 Å². The summed E-state index contributed by atoms with van der Waals surface area (Å²) in [4.78, 5) is 22.3. The third-order valence-electron chi connectivity index (χ3n) is 2.85. The Morgan fingerprint density at radius 1 is 1.64 bits per heavy atom. The van der Waals surface area contributed by atoms with Crippen molar-refractivity contribution >= 4 is 11.9 Å². The average molecular weight is 200 g/mol. The summed E-state index contributed by atoms with van der Waals surface area (Å²) in [6.07, 6.45) is 0.328. The summed E-state index contributed by atoms with van der Waals surface area (Å²) in [6, 6.07) is 0. The van der Waals surface area contributed by atoms with E-state index < -0.39 is 11.5 Å². The molecule has 1 heterocycles. The molecule has 14 heavy (non-hydrogen) atoms. The zero-order valence-electron chi connectivity index (χ0n) is 8.99. The van der Waals surface area contributed by atoms with Crippen LogP contribution in [0, 0.1) is 5.92 Å². The second-order valence-electron chi connectivity index (χ2n) is 3.83. The van der Waals surface area contributed by atoms with Gasteiger partial charge in [-0.2, -0.15) is 0 Å². The van der Waals surface area contributed by atoms with Crippen molar-refractivity contribution in [3.63, 3.8) is 0 Å². The molecule has 1 saturated heterocycles. The van der Waals surface area contributed by atoms with Gasteiger partial charge in [-0.25, -0.2) is 0 Å². The smallest absolute Gasteiger partial charge is 0.313 e. The zero-order valence-corrected chi connectivity index (χ0v) is 8.99. The summed E-state index contributed by atoms with van der Waals surface area (Å²) in [5.74, 6) is -1.06. The summed E-state index contributed by atoms with van der Waals surface area (Å²) in [5, 5.41) is 0. The summed E-state index contributed by atoms with van der Waals surface area (Å²) >= 11 is 0. The van der Waals surface area contributed by atoms with Crippen molar-refractivity contribution in [2.45, 2.75) is 45.8 Å². The second kappa shape index (κ2) is 3.59. The van der Waals surface area contributed by atoms with Gasteiger partial charge in [-0.05, 0) is 20.3 Å². The number of carbonyl (C=O) groups excluding carboxylic acids is 2. The van der Waals surface area contributed by atoms with Gasteiger partial charge in [0.25, 0.3) is 0 Å². The molecule has 4 heteroatoms. The first-order chi connectivity index (χ1) is 6.41. The summed E-state index contributed by atoms with van der Waals surface area (Å²) < 4.78 is 10.3. The molecule has 0 amide bonds. The van der Waals surface area contributed by atoms with Gasteiger partial charge in [0.1, 0.15) is 6.10 Å². The van der Waals surface area contributed by atoms with Crippen LogP contribution in [-0.2, 0) is 19.1 Å². The molecule has 0 radical (unpaired) electrons. The monoisotopic (exact) mass is 200 g/mol. The number of cyclic esters (lactones) is 1. The maximum absolute atomic E-state index is 11.3. The number of hydrogen-bond donors (Lipinski definition) is 0. The highest BCUT2D eigenvalue weighted by Gasteiger charge is 2.53. The molecule has 0 aliphatic carbocycles. The lowest BCUT2D eigenvalue weighted by atomic mass is 9.87. The van der Waals surface area contributed by atoms with Crippen LogP contribution in [0.3, 0.4) is 0 Å². The minimum atomic E-state index is -0.808. The molecule has 0 aromatic heterocycles. The van der Waals surface area contributed by atoms with Gasteiger partial charge >= 0.3 is 11.9 Å². The van der Waals surface area contributed by atoms with Crippen molar-refractivity contribution in [2.24, 2.45) is 5.92 Å². The molecular weight excluding hydrogens is 184 g/mol. The Morgan fingerprint density at radius 3 is 2.64 bits per heavy atom. The largest absolute Gasteiger partial charge is 0.458 e. The number of hydrogen-bond acceptors (Lipinski definition) is 4. The lowest BCUT2D eigenvalue weighted by Gasteiger charge is -2.30. The topological polar surface area (TPSA) is 52.6 Å². The maximum atomic E-state index is 11.3. The molecule has 0 saturated carbocycles. The van der Waals surface area contributed by atoms with Gasteiger partial charge in [0.05, 0.1) is 5.92 Å². The molecule has 1 aliphatic heterocycles. The van der Waals surface area contributed by atoms with Gasteiger partial charge in [-0.1, -0.05) is 6.92 Å². The van der Waals surface area contributed by atoms with E-state index in [1.807, 2.05) is 6.92 Å². The normalized spacial score (nSPS) is 36.7. The van der Waals surface area contributed by atoms with Crippen LogP contribution < -0.4 is 0 Å². The molecular formula is C10H16O4. The van der Waals surface area contributed by atoms with Crippen LogP contribution in [0.1, 0.15) is 34.1 Å². The van der Waals surface area contributed by atoms with Gasteiger partial charge in [-0.3, -0.25) is 9.59 Å². The van der Waals surface area contributed by atoms with Crippen molar-refractivity contribution in [1.29, 1.82) is 0 Å². The predicted octanol–water partition coefficient (Wildman–Crippen LogP) is 1.28. The Labute approximate surface area is 83.6 Å². The van der Waals surface area contributed by atoms with Crippen LogP contribution in [0.25, 0.3) is 0 Å². The molecule has 3 unspecified atom stereocenters. The van der Waals surface area contributed by atoms with Crippen LogP contribution in [0.15, 0.2) is 0 Å². The fourth-order valence-corrected chi connectivity index (χ4v) is 1.82. The number of esters is 2. The molecule has 0 N–H and O–H groups in total. The van der Waals surface area contributed by atoms with Crippen molar-refractivity contribution in [3.8, 4) is 0 Å². The molecule has 1 aliphatic rings. The Hall–Kier alpha value is -1.06. The standard InChI is InChI=1S/C10H16O4/c1-5-8-10(4,14-7(3)11)6(2)9(12)13-8/h6,8H,5H2,1-4H3. The third kappa shape index (κ3) is 1.61. The van der Waals surface area contributed by atoms with E-state index in [0.717, 1.165) is 0 Å². The van der Waals surface area contributed by atoms with Crippen LogP contribution in [0.4, 0.5) is 0 Å². The summed E-state index contributed by atoms with van der Waals surface area (Å²) in [5.41, 5.74) is -0.808. The number of carbonyl (C=O) groups is 2. The number of ether oxygens (including phenoxy) is 2. The highest BCUT2D eigenvalue weighted by Crippen LogP contribution is 2.37.